The van der Waals surface area contributed by atoms with Crippen molar-refractivity contribution in [1.29, 1.82) is 0 Å². The summed E-state index contributed by atoms with van der Waals surface area (Å²) in [5, 5.41) is 15.6. The monoisotopic (exact) mass is 446 g/mol. The lowest BCUT2D eigenvalue weighted by molar-refractivity contribution is 0.202. The SMILES string of the molecule is Oc1c(C(c2ccccc2F)N2CCc3ccccc3C2)sc2nc(-c3ccco3)nn12. The Kier molecular flexibility index (Phi) is 4.55. The fourth-order valence-corrected chi connectivity index (χ4v) is 5.48. The number of aromatic nitrogens is 3. The first kappa shape index (κ1) is 19.2. The molecule has 6 rings (SSSR count). The van der Waals surface area contributed by atoms with Gasteiger partial charge in [-0.2, -0.15) is 9.50 Å². The highest BCUT2D eigenvalue weighted by atomic mass is 32.1. The largest absolute Gasteiger partial charge is 0.492 e. The molecule has 0 aliphatic carbocycles. The van der Waals surface area contributed by atoms with Crippen LogP contribution in [0.5, 0.6) is 5.88 Å². The molecule has 6 nitrogen and oxygen atoms in total. The lowest BCUT2D eigenvalue weighted by Crippen LogP contribution is -2.35. The molecular weight excluding hydrogens is 427 g/mol. The van der Waals surface area contributed by atoms with E-state index in [9.17, 15) is 9.50 Å². The first-order chi connectivity index (χ1) is 15.7. The number of fused-ring (bicyclic) bond motifs is 2. The van der Waals surface area contributed by atoms with Crippen molar-refractivity contribution < 1.29 is 13.9 Å². The first-order valence-electron chi connectivity index (χ1n) is 10.4. The van der Waals surface area contributed by atoms with Gasteiger partial charge in [-0.1, -0.05) is 53.8 Å². The summed E-state index contributed by atoms with van der Waals surface area (Å²) in [5.41, 5.74) is 3.06. The Morgan fingerprint density at radius 2 is 1.84 bits per heavy atom. The summed E-state index contributed by atoms with van der Waals surface area (Å²) in [4.78, 5) is 7.88. The molecule has 0 saturated carbocycles. The zero-order valence-electron chi connectivity index (χ0n) is 17.0. The van der Waals surface area contributed by atoms with Crippen LogP contribution in [0.2, 0.25) is 0 Å². The molecule has 0 radical (unpaired) electrons. The summed E-state index contributed by atoms with van der Waals surface area (Å²) in [5.74, 6) is 0.603. The number of hydrogen-bond acceptors (Lipinski definition) is 6. The van der Waals surface area contributed by atoms with Gasteiger partial charge in [0, 0.05) is 18.7 Å². The van der Waals surface area contributed by atoms with Crippen LogP contribution in [0.4, 0.5) is 4.39 Å². The minimum absolute atomic E-state index is 0.0255. The second kappa shape index (κ2) is 7.58. The molecule has 1 aliphatic heterocycles. The van der Waals surface area contributed by atoms with Crippen LogP contribution < -0.4 is 0 Å². The summed E-state index contributed by atoms with van der Waals surface area (Å²) in [6, 6.07) is 18.1. The van der Waals surface area contributed by atoms with E-state index in [1.54, 1.807) is 30.5 Å². The topological polar surface area (TPSA) is 66.8 Å². The molecule has 160 valence electrons. The van der Waals surface area contributed by atoms with Crippen molar-refractivity contribution in [2.75, 3.05) is 6.54 Å². The smallest absolute Gasteiger partial charge is 0.230 e. The molecule has 1 unspecified atom stereocenters. The Bertz CT molecular complexity index is 1410. The van der Waals surface area contributed by atoms with Crippen LogP contribution in [0, 0.1) is 5.82 Å². The van der Waals surface area contributed by atoms with E-state index < -0.39 is 6.04 Å². The number of aromatic hydroxyl groups is 1. The van der Waals surface area contributed by atoms with Gasteiger partial charge in [0.15, 0.2) is 5.76 Å². The van der Waals surface area contributed by atoms with Gasteiger partial charge in [0.1, 0.15) is 5.82 Å². The van der Waals surface area contributed by atoms with Crippen molar-refractivity contribution in [1.82, 2.24) is 19.5 Å². The molecule has 1 aliphatic rings. The van der Waals surface area contributed by atoms with Gasteiger partial charge in [-0.15, -0.1) is 5.10 Å². The first-order valence-corrected chi connectivity index (χ1v) is 11.2. The standard InChI is InChI=1S/C24H19FN4O2S/c25-18-9-4-3-8-17(18)20(28-12-11-15-6-1-2-7-16(15)14-28)21-23(30)29-24(32-21)26-22(27-29)19-10-5-13-31-19/h1-10,13,20,30H,11-12,14H2. The predicted molar refractivity (Wildman–Crippen MR) is 119 cm³/mol. The minimum Gasteiger partial charge on any atom is -0.492 e. The fraction of sp³-hybridized carbons (Fsp3) is 0.167. The van der Waals surface area contributed by atoms with Gasteiger partial charge in [0.05, 0.1) is 17.2 Å². The number of furan rings is 1. The van der Waals surface area contributed by atoms with Crippen LogP contribution in [0.15, 0.2) is 71.3 Å². The van der Waals surface area contributed by atoms with Crippen LogP contribution >= 0.6 is 11.3 Å². The maximum Gasteiger partial charge on any atom is 0.230 e. The molecule has 1 atom stereocenters. The molecule has 32 heavy (non-hydrogen) atoms. The normalized spacial score (nSPS) is 15.2. The van der Waals surface area contributed by atoms with Crippen molar-refractivity contribution in [3.63, 3.8) is 0 Å². The van der Waals surface area contributed by atoms with Gasteiger partial charge < -0.3 is 9.52 Å². The number of halogens is 1. The zero-order valence-corrected chi connectivity index (χ0v) is 17.8. The number of nitrogens with zero attached hydrogens (tertiary/aromatic N) is 4. The summed E-state index contributed by atoms with van der Waals surface area (Å²) in [6.45, 7) is 1.42. The number of hydrogen-bond donors (Lipinski definition) is 1. The third kappa shape index (κ3) is 3.11. The highest BCUT2D eigenvalue weighted by Gasteiger charge is 2.33. The van der Waals surface area contributed by atoms with Crippen LogP contribution in [-0.2, 0) is 13.0 Å². The Labute approximate surface area is 187 Å². The average molecular weight is 447 g/mol. The molecule has 8 heteroatoms. The summed E-state index contributed by atoms with van der Waals surface area (Å²) in [6.07, 6.45) is 2.42. The molecule has 0 spiro atoms. The van der Waals surface area contributed by atoms with Crippen molar-refractivity contribution >= 4 is 16.3 Å². The second-order valence-corrected chi connectivity index (χ2v) is 8.82. The molecule has 0 saturated heterocycles. The van der Waals surface area contributed by atoms with Gasteiger partial charge >= 0.3 is 0 Å². The van der Waals surface area contributed by atoms with E-state index >= 15 is 0 Å². The van der Waals surface area contributed by atoms with E-state index in [1.165, 1.54) is 33.0 Å². The molecule has 0 fully saturated rings. The summed E-state index contributed by atoms with van der Waals surface area (Å²) in [7, 11) is 0. The predicted octanol–water partition coefficient (Wildman–Crippen LogP) is 5.04. The van der Waals surface area contributed by atoms with Crippen molar-refractivity contribution in [3.8, 4) is 17.5 Å². The molecule has 2 aromatic carbocycles. The van der Waals surface area contributed by atoms with Crippen LogP contribution in [0.25, 0.3) is 16.5 Å². The minimum atomic E-state index is -0.454. The molecule has 1 N–H and O–H groups in total. The van der Waals surface area contributed by atoms with E-state index in [2.05, 4.69) is 27.1 Å². The third-order valence-electron chi connectivity index (χ3n) is 5.91. The quantitative estimate of drug-likeness (QED) is 0.419. The number of thiazole rings is 1. The van der Waals surface area contributed by atoms with Crippen molar-refractivity contribution in [2.45, 2.75) is 19.0 Å². The lowest BCUT2D eigenvalue weighted by atomic mass is 9.95. The molecular formula is C24H19FN4O2S. The van der Waals surface area contributed by atoms with Gasteiger partial charge in [-0.05, 0) is 35.7 Å². The van der Waals surface area contributed by atoms with E-state index in [4.69, 9.17) is 4.42 Å². The van der Waals surface area contributed by atoms with Gasteiger partial charge in [-0.3, -0.25) is 4.90 Å². The maximum atomic E-state index is 15.0. The fourth-order valence-electron chi connectivity index (χ4n) is 4.38. The molecule has 4 heterocycles. The van der Waals surface area contributed by atoms with Crippen LogP contribution in [-0.4, -0.2) is 31.1 Å². The highest BCUT2D eigenvalue weighted by Crippen LogP contribution is 2.42. The Morgan fingerprint density at radius 1 is 1.03 bits per heavy atom. The van der Waals surface area contributed by atoms with Crippen LogP contribution in [0.3, 0.4) is 0 Å². The van der Waals surface area contributed by atoms with E-state index in [0.717, 1.165) is 13.0 Å². The Morgan fingerprint density at radius 3 is 2.62 bits per heavy atom. The Balaban J connectivity index is 1.46. The Hall–Kier alpha value is -3.49. The summed E-state index contributed by atoms with van der Waals surface area (Å²) >= 11 is 1.32. The van der Waals surface area contributed by atoms with E-state index in [0.29, 0.717) is 33.5 Å². The number of benzene rings is 2. The van der Waals surface area contributed by atoms with E-state index in [1.807, 2.05) is 18.2 Å². The summed E-state index contributed by atoms with van der Waals surface area (Å²) < 4.78 is 21.8. The second-order valence-electron chi connectivity index (χ2n) is 7.81. The molecule has 3 aromatic heterocycles. The molecule has 5 aromatic rings. The third-order valence-corrected chi connectivity index (χ3v) is 6.99. The van der Waals surface area contributed by atoms with Gasteiger partial charge in [0.25, 0.3) is 0 Å². The maximum absolute atomic E-state index is 15.0. The average Bonchev–Trinajstić information content (AvgIpc) is 3.54. The van der Waals surface area contributed by atoms with E-state index in [-0.39, 0.29) is 11.7 Å². The zero-order chi connectivity index (χ0) is 21.7. The molecule has 0 bridgehead atoms. The van der Waals surface area contributed by atoms with Gasteiger partial charge in [0.2, 0.25) is 16.7 Å². The van der Waals surface area contributed by atoms with Crippen LogP contribution in [0.1, 0.15) is 27.6 Å². The van der Waals surface area contributed by atoms with Crippen molar-refractivity contribution in [3.05, 3.63) is 94.3 Å². The highest BCUT2D eigenvalue weighted by molar-refractivity contribution is 7.17. The molecule has 0 amide bonds. The van der Waals surface area contributed by atoms with Crippen molar-refractivity contribution in [2.24, 2.45) is 0 Å². The van der Waals surface area contributed by atoms with Gasteiger partial charge in [-0.25, -0.2) is 4.39 Å². The lowest BCUT2D eigenvalue weighted by Gasteiger charge is -2.35. The number of rotatable bonds is 4.